The predicted molar refractivity (Wildman–Crippen MR) is 61.0 cm³/mol. The topological polar surface area (TPSA) is 20.2 Å². The van der Waals surface area contributed by atoms with Crippen LogP contribution in [0.1, 0.15) is 34.6 Å². The van der Waals surface area contributed by atoms with Gasteiger partial charge in [-0.05, 0) is 37.9 Å². The number of alkyl halides is 3. The summed E-state index contributed by atoms with van der Waals surface area (Å²) in [6.45, 7) is 8.40. The van der Waals surface area contributed by atoms with E-state index in [1.807, 2.05) is 33.6 Å². The van der Waals surface area contributed by atoms with Crippen molar-refractivity contribution in [2.24, 2.45) is 5.92 Å². The van der Waals surface area contributed by atoms with Crippen LogP contribution in [0.15, 0.2) is 0 Å². The van der Waals surface area contributed by atoms with Crippen LogP contribution in [-0.4, -0.2) is 21.6 Å². The van der Waals surface area contributed by atoms with Crippen LogP contribution in [0.25, 0.3) is 0 Å². The minimum atomic E-state index is -4.72. The van der Waals surface area contributed by atoms with Gasteiger partial charge < -0.3 is 5.11 Å². The van der Waals surface area contributed by atoms with Crippen LogP contribution in [0.4, 0.5) is 13.2 Å². The van der Waals surface area contributed by atoms with Crippen LogP contribution < -0.4 is 0 Å². The molecule has 0 radical (unpaired) electrons. The van der Waals surface area contributed by atoms with E-state index in [-0.39, 0.29) is 10.7 Å². The predicted octanol–water partition coefficient (Wildman–Crippen LogP) is 3.43. The van der Waals surface area contributed by atoms with Gasteiger partial charge >= 0.3 is 6.18 Å². The summed E-state index contributed by atoms with van der Waals surface area (Å²) in [6, 6.07) is 0. The molecule has 94 valence electrons. The van der Waals surface area contributed by atoms with Crippen molar-refractivity contribution in [3.63, 3.8) is 0 Å². The molecule has 16 heavy (non-hydrogen) atoms. The quantitative estimate of drug-likeness (QED) is 0.762. The third-order valence-electron chi connectivity index (χ3n) is 2.55. The van der Waals surface area contributed by atoms with Crippen LogP contribution in [0.5, 0.6) is 0 Å². The van der Waals surface area contributed by atoms with Gasteiger partial charge in [-0.3, -0.25) is 0 Å². The maximum Gasteiger partial charge on any atom is 0.428 e. The van der Waals surface area contributed by atoms with Crippen molar-refractivity contribution in [2.45, 2.75) is 51.1 Å². The largest absolute Gasteiger partial charge is 0.428 e. The number of thioether (sulfide) groups is 1. The first kappa shape index (κ1) is 15.7. The molecule has 0 saturated heterocycles. The lowest BCUT2D eigenvalue weighted by Crippen LogP contribution is -2.40. The van der Waals surface area contributed by atoms with Crippen molar-refractivity contribution in [2.75, 3.05) is 0 Å². The molecule has 0 rings (SSSR count). The van der Waals surface area contributed by atoms with E-state index >= 15 is 0 Å². The Kier molecular flexibility index (Phi) is 4.78. The Morgan fingerprint density at radius 1 is 1.12 bits per heavy atom. The van der Waals surface area contributed by atoms with Gasteiger partial charge in [0.1, 0.15) is 0 Å². The maximum atomic E-state index is 12.3. The van der Waals surface area contributed by atoms with Crippen molar-refractivity contribution in [1.82, 2.24) is 0 Å². The number of aliphatic hydroxyl groups is 1. The van der Waals surface area contributed by atoms with Crippen LogP contribution in [0.3, 0.4) is 0 Å². The Balaban J connectivity index is 4.66. The average molecular weight is 254 g/mol. The number of hydrogen-bond donors (Lipinski definition) is 1. The Bertz CT molecular complexity index is 295. The fraction of sp³-hybridized carbons (Fsp3) is 0.818. The summed E-state index contributed by atoms with van der Waals surface area (Å²) >= 11 is 1.11. The molecular formula is C11H17F3OS. The summed E-state index contributed by atoms with van der Waals surface area (Å²) in [5.74, 6) is 2.13. The molecule has 0 aromatic rings. The summed E-state index contributed by atoms with van der Waals surface area (Å²) in [6.07, 6.45) is -4.72. The zero-order valence-electron chi connectivity index (χ0n) is 10.1. The Hall–Kier alpha value is -0.340. The van der Waals surface area contributed by atoms with Gasteiger partial charge in [0.25, 0.3) is 0 Å². The molecule has 0 aliphatic rings. The second-order valence-corrected chi connectivity index (χ2v) is 6.12. The summed E-state index contributed by atoms with van der Waals surface area (Å²) in [5, 5.41) is 11.4. The van der Waals surface area contributed by atoms with E-state index < -0.39 is 11.8 Å². The molecule has 0 fully saturated rings. The van der Waals surface area contributed by atoms with Gasteiger partial charge in [-0.15, -0.1) is 0 Å². The third-order valence-corrected chi connectivity index (χ3v) is 3.75. The molecule has 0 saturated carbocycles. The molecule has 1 atom stereocenters. The van der Waals surface area contributed by atoms with Gasteiger partial charge in [0.2, 0.25) is 5.60 Å². The van der Waals surface area contributed by atoms with E-state index in [0.29, 0.717) is 6.92 Å². The molecule has 1 N–H and O–H groups in total. The number of rotatable bonds is 2. The SMILES string of the molecule is CC(C)C(C)(C)SC#CC(C)(O)C(F)(F)F. The molecule has 0 bridgehead atoms. The van der Waals surface area contributed by atoms with Gasteiger partial charge in [-0.25, -0.2) is 0 Å². The highest BCUT2D eigenvalue weighted by atomic mass is 32.2. The number of hydrogen-bond acceptors (Lipinski definition) is 2. The standard InChI is InChI=1S/C11H17F3OS/c1-8(2)9(3,4)16-7-6-10(5,15)11(12,13)14/h8,15H,1-5H3. The van der Waals surface area contributed by atoms with Crippen LogP contribution in [0.2, 0.25) is 0 Å². The lowest BCUT2D eigenvalue weighted by molar-refractivity contribution is -0.228. The number of halogens is 3. The molecule has 0 aromatic heterocycles. The molecule has 0 spiro atoms. The summed E-state index contributed by atoms with van der Waals surface area (Å²) in [7, 11) is 0. The first-order valence-electron chi connectivity index (χ1n) is 4.89. The van der Waals surface area contributed by atoms with Gasteiger partial charge in [0.15, 0.2) is 0 Å². The monoisotopic (exact) mass is 254 g/mol. The fourth-order valence-electron chi connectivity index (χ4n) is 0.445. The van der Waals surface area contributed by atoms with Gasteiger partial charge in [-0.2, -0.15) is 13.2 Å². The average Bonchev–Trinajstić information content (AvgIpc) is 2.00. The van der Waals surface area contributed by atoms with Crippen molar-refractivity contribution in [1.29, 1.82) is 0 Å². The zero-order valence-corrected chi connectivity index (χ0v) is 10.9. The molecule has 0 aromatic carbocycles. The normalized spacial score (nSPS) is 16.6. The van der Waals surface area contributed by atoms with Crippen molar-refractivity contribution in [3.8, 4) is 11.2 Å². The Morgan fingerprint density at radius 2 is 1.56 bits per heavy atom. The smallest absolute Gasteiger partial charge is 0.370 e. The lowest BCUT2D eigenvalue weighted by Gasteiger charge is -2.25. The van der Waals surface area contributed by atoms with E-state index in [4.69, 9.17) is 5.11 Å². The minimum Gasteiger partial charge on any atom is -0.370 e. The summed E-state index contributed by atoms with van der Waals surface area (Å²) in [4.78, 5) is 0. The van der Waals surface area contributed by atoms with Gasteiger partial charge in [0, 0.05) is 4.75 Å². The van der Waals surface area contributed by atoms with Gasteiger partial charge in [0.05, 0.1) is 0 Å². The van der Waals surface area contributed by atoms with Crippen LogP contribution >= 0.6 is 11.8 Å². The summed E-state index contributed by atoms with van der Waals surface area (Å²) < 4.78 is 36.5. The molecule has 0 aliphatic carbocycles. The van der Waals surface area contributed by atoms with E-state index in [0.717, 1.165) is 11.8 Å². The van der Waals surface area contributed by atoms with Crippen molar-refractivity contribution in [3.05, 3.63) is 0 Å². The third kappa shape index (κ3) is 4.26. The molecule has 0 amide bonds. The van der Waals surface area contributed by atoms with E-state index in [2.05, 4.69) is 5.25 Å². The Labute approximate surface area is 98.8 Å². The Morgan fingerprint density at radius 3 is 1.88 bits per heavy atom. The highest BCUT2D eigenvalue weighted by Gasteiger charge is 2.49. The molecule has 5 heteroatoms. The summed E-state index contributed by atoms with van der Waals surface area (Å²) in [5.41, 5.74) is -2.94. The van der Waals surface area contributed by atoms with Crippen molar-refractivity contribution >= 4 is 11.8 Å². The van der Waals surface area contributed by atoms with Crippen LogP contribution in [-0.2, 0) is 0 Å². The molecule has 0 heterocycles. The second kappa shape index (κ2) is 4.89. The first-order chi connectivity index (χ1) is 6.90. The minimum absolute atomic E-state index is 0.241. The highest BCUT2D eigenvalue weighted by molar-refractivity contribution is 8.05. The van der Waals surface area contributed by atoms with E-state index in [1.165, 1.54) is 0 Å². The van der Waals surface area contributed by atoms with Gasteiger partial charge in [-0.1, -0.05) is 25.6 Å². The van der Waals surface area contributed by atoms with E-state index in [1.54, 1.807) is 0 Å². The second-order valence-electron chi connectivity index (χ2n) is 4.66. The van der Waals surface area contributed by atoms with E-state index in [9.17, 15) is 13.2 Å². The fourth-order valence-corrected chi connectivity index (χ4v) is 1.19. The van der Waals surface area contributed by atoms with Crippen molar-refractivity contribution < 1.29 is 18.3 Å². The molecule has 1 nitrogen and oxygen atoms in total. The maximum absolute atomic E-state index is 12.3. The molecule has 1 unspecified atom stereocenters. The lowest BCUT2D eigenvalue weighted by atomic mass is 10.00. The van der Waals surface area contributed by atoms with Crippen LogP contribution in [0, 0.1) is 17.1 Å². The zero-order chi connectivity index (χ0) is 13.2. The highest BCUT2D eigenvalue weighted by Crippen LogP contribution is 2.33. The molecule has 0 aliphatic heterocycles. The molecular weight excluding hydrogens is 237 g/mol. The first-order valence-corrected chi connectivity index (χ1v) is 5.71.